The predicted molar refractivity (Wildman–Crippen MR) is 86.5 cm³/mol. The summed E-state index contributed by atoms with van der Waals surface area (Å²) in [4.78, 5) is 2.89. The lowest BCUT2D eigenvalue weighted by Gasteiger charge is -2.37. The molecule has 2 bridgehead atoms. The number of hydrogen-bond donors (Lipinski definition) is 2. The molecule has 21 heavy (non-hydrogen) atoms. The minimum absolute atomic E-state index is 0.120. The Labute approximate surface area is 130 Å². The normalized spacial score (nSPS) is 28.6. The van der Waals surface area contributed by atoms with Crippen LogP contribution in [-0.4, -0.2) is 40.3 Å². The summed E-state index contributed by atoms with van der Waals surface area (Å²) in [6, 6.07) is 7.07. The first kappa shape index (κ1) is 14.8. The van der Waals surface area contributed by atoms with Crippen molar-refractivity contribution in [2.75, 3.05) is 7.11 Å². The zero-order valence-corrected chi connectivity index (χ0v) is 13.1. The van der Waals surface area contributed by atoms with Crippen LogP contribution in [-0.2, 0) is 6.54 Å². The summed E-state index contributed by atoms with van der Waals surface area (Å²) in [6.45, 7) is 0.899. The van der Waals surface area contributed by atoms with Crippen LogP contribution in [0.5, 0.6) is 5.75 Å². The molecule has 2 atom stereocenters. The highest BCUT2D eigenvalue weighted by Gasteiger charge is 2.39. The van der Waals surface area contributed by atoms with Gasteiger partial charge in [-0.15, -0.1) is 0 Å². The predicted octanol–water partition coefficient (Wildman–Crippen LogP) is 1.82. The van der Waals surface area contributed by atoms with Crippen molar-refractivity contribution in [3.63, 3.8) is 0 Å². The van der Waals surface area contributed by atoms with Crippen molar-refractivity contribution >= 4 is 17.2 Å². The number of benzene rings is 1. The average Bonchev–Trinajstić information content (AvgIpc) is 2.70. The third-order valence-corrected chi connectivity index (χ3v) is 4.98. The molecule has 0 radical (unpaired) electrons. The number of aliphatic hydroxyl groups is 1. The van der Waals surface area contributed by atoms with E-state index < -0.39 is 0 Å². The Morgan fingerprint density at radius 2 is 2.05 bits per heavy atom. The number of aliphatic hydroxyl groups excluding tert-OH is 1. The molecular formula is C16H22N2O2S. The van der Waals surface area contributed by atoms with Gasteiger partial charge in [-0.2, -0.15) is 0 Å². The highest BCUT2D eigenvalue weighted by molar-refractivity contribution is 7.80. The van der Waals surface area contributed by atoms with E-state index in [9.17, 15) is 5.11 Å². The number of piperidine rings is 1. The molecule has 2 unspecified atom stereocenters. The molecule has 2 aliphatic heterocycles. The van der Waals surface area contributed by atoms with Gasteiger partial charge in [-0.25, -0.2) is 0 Å². The second kappa shape index (κ2) is 5.91. The topological polar surface area (TPSA) is 58.7 Å². The van der Waals surface area contributed by atoms with Gasteiger partial charge >= 0.3 is 0 Å². The highest BCUT2D eigenvalue weighted by atomic mass is 32.1. The van der Waals surface area contributed by atoms with Crippen molar-refractivity contribution < 1.29 is 9.84 Å². The summed E-state index contributed by atoms with van der Waals surface area (Å²) in [5.74, 6) is 0.740. The molecule has 1 aromatic rings. The van der Waals surface area contributed by atoms with E-state index in [1.807, 2.05) is 12.1 Å². The van der Waals surface area contributed by atoms with E-state index >= 15 is 0 Å². The van der Waals surface area contributed by atoms with Gasteiger partial charge in [-0.1, -0.05) is 18.3 Å². The summed E-state index contributed by atoms with van der Waals surface area (Å²) in [6.07, 6.45) is 4.08. The highest BCUT2D eigenvalue weighted by Crippen LogP contribution is 2.37. The molecule has 114 valence electrons. The smallest absolute Gasteiger partial charge is 0.129 e. The van der Waals surface area contributed by atoms with Gasteiger partial charge in [0.2, 0.25) is 0 Å². The van der Waals surface area contributed by atoms with E-state index in [0.29, 0.717) is 17.1 Å². The number of rotatable bonds is 4. The van der Waals surface area contributed by atoms with Crippen molar-refractivity contribution in [2.45, 2.75) is 50.4 Å². The fourth-order valence-electron chi connectivity index (χ4n) is 3.75. The van der Waals surface area contributed by atoms with Crippen LogP contribution in [0.3, 0.4) is 0 Å². The molecule has 0 saturated carbocycles. The van der Waals surface area contributed by atoms with Crippen LogP contribution in [0, 0.1) is 0 Å². The Balaban J connectivity index is 1.78. The van der Waals surface area contributed by atoms with Crippen LogP contribution >= 0.6 is 12.2 Å². The van der Waals surface area contributed by atoms with E-state index in [4.69, 9.17) is 22.7 Å². The average molecular weight is 306 g/mol. The van der Waals surface area contributed by atoms with Crippen LogP contribution in [0.2, 0.25) is 0 Å². The van der Waals surface area contributed by atoms with E-state index in [0.717, 1.165) is 30.7 Å². The van der Waals surface area contributed by atoms with Gasteiger partial charge in [0.1, 0.15) is 10.7 Å². The van der Waals surface area contributed by atoms with Crippen molar-refractivity contribution in [1.82, 2.24) is 4.90 Å². The third kappa shape index (κ3) is 2.91. The third-order valence-electron chi connectivity index (χ3n) is 4.76. The van der Waals surface area contributed by atoms with Gasteiger partial charge in [0.05, 0.1) is 18.8 Å². The Hall–Kier alpha value is -1.17. The number of fused-ring (bicyclic) bond motifs is 2. The van der Waals surface area contributed by atoms with Crippen molar-refractivity contribution in [2.24, 2.45) is 5.73 Å². The van der Waals surface area contributed by atoms with Crippen molar-refractivity contribution in [1.29, 1.82) is 0 Å². The molecule has 2 aliphatic rings. The molecule has 0 aromatic heterocycles. The zero-order valence-electron chi connectivity index (χ0n) is 12.3. The number of nitrogens with zero attached hydrogens (tertiary/aromatic N) is 1. The summed E-state index contributed by atoms with van der Waals surface area (Å²) in [5.41, 5.74) is 7.70. The van der Waals surface area contributed by atoms with Gasteiger partial charge in [0.15, 0.2) is 0 Å². The first-order valence-electron chi connectivity index (χ1n) is 7.49. The Kier molecular flexibility index (Phi) is 4.15. The lowest BCUT2D eigenvalue weighted by Crippen LogP contribution is -2.44. The largest absolute Gasteiger partial charge is 0.496 e. The second-order valence-electron chi connectivity index (χ2n) is 6.08. The summed E-state index contributed by atoms with van der Waals surface area (Å²) in [7, 11) is 1.64. The molecule has 0 aliphatic carbocycles. The summed E-state index contributed by atoms with van der Waals surface area (Å²) in [5, 5.41) is 9.88. The van der Waals surface area contributed by atoms with Crippen molar-refractivity contribution in [3.8, 4) is 5.75 Å². The van der Waals surface area contributed by atoms with E-state index in [1.54, 1.807) is 7.11 Å². The Morgan fingerprint density at radius 3 is 2.62 bits per heavy atom. The minimum atomic E-state index is -0.120. The lowest BCUT2D eigenvalue weighted by molar-refractivity contribution is 0.0310. The zero-order chi connectivity index (χ0) is 15.0. The van der Waals surface area contributed by atoms with E-state index in [2.05, 4.69) is 11.0 Å². The van der Waals surface area contributed by atoms with E-state index in [1.165, 1.54) is 18.4 Å². The molecule has 2 saturated heterocycles. The Morgan fingerprint density at radius 1 is 1.38 bits per heavy atom. The standard InChI is InChI=1S/C16H22N2O2S/c1-20-15-6-10(2-5-14(15)16(17)21)9-18-11-3-4-12(18)8-13(19)7-11/h2,5-6,11-13,19H,3-4,7-9H2,1H3,(H2,17,21). The Bertz CT molecular complexity index is 535. The SMILES string of the molecule is COc1cc(CN2C3CCC2CC(O)C3)ccc1C(N)=S. The molecule has 4 nitrogen and oxygen atoms in total. The molecule has 5 heteroatoms. The summed E-state index contributed by atoms with van der Waals surface area (Å²) >= 11 is 5.04. The number of hydrogen-bond acceptors (Lipinski definition) is 4. The van der Waals surface area contributed by atoms with Crippen LogP contribution in [0.15, 0.2) is 18.2 Å². The number of nitrogens with two attached hydrogens (primary N) is 1. The fourth-order valence-corrected chi connectivity index (χ4v) is 3.92. The first-order valence-corrected chi connectivity index (χ1v) is 7.90. The number of methoxy groups -OCH3 is 1. The molecule has 2 fully saturated rings. The molecule has 2 heterocycles. The van der Waals surface area contributed by atoms with Crippen molar-refractivity contribution in [3.05, 3.63) is 29.3 Å². The number of ether oxygens (including phenoxy) is 1. The van der Waals surface area contributed by atoms with E-state index in [-0.39, 0.29) is 6.10 Å². The maximum absolute atomic E-state index is 9.88. The van der Waals surface area contributed by atoms with Gasteiger partial charge in [0, 0.05) is 18.6 Å². The minimum Gasteiger partial charge on any atom is -0.496 e. The quantitative estimate of drug-likeness (QED) is 0.831. The van der Waals surface area contributed by atoms with Gasteiger partial charge in [0.25, 0.3) is 0 Å². The second-order valence-corrected chi connectivity index (χ2v) is 6.52. The number of thiocarbonyl (C=S) groups is 1. The lowest BCUT2D eigenvalue weighted by atomic mass is 9.99. The first-order chi connectivity index (χ1) is 10.1. The monoisotopic (exact) mass is 306 g/mol. The van der Waals surface area contributed by atoms with Crippen LogP contribution in [0.1, 0.15) is 36.8 Å². The summed E-state index contributed by atoms with van der Waals surface area (Å²) < 4.78 is 5.40. The molecular weight excluding hydrogens is 284 g/mol. The molecule has 3 rings (SSSR count). The van der Waals surface area contributed by atoms with Gasteiger partial charge in [-0.05, 0) is 43.4 Å². The van der Waals surface area contributed by atoms with Crippen LogP contribution < -0.4 is 10.5 Å². The molecule has 0 amide bonds. The van der Waals surface area contributed by atoms with Gasteiger partial charge < -0.3 is 15.6 Å². The molecule has 0 spiro atoms. The van der Waals surface area contributed by atoms with Gasteiger partial charge in [-0.3, -0.25) is 4.90 Å². The molecule has 3 N–H and O–H groups in total. The maximum Gasteiger partial charge on any atom is 0.129 e. The van der Waals surface area contributed by atoms with Crippen LogP contribution in [0.4, 0.5) is 0 Å². The maximum atomic E-state index is 9.88. The molecule has 1 aromatic carbocycles. The van der Waals surface area contributed by atoms with Crippen LogP contribution in [0.25, 0.3) is 0 Å². The fraction of sp³-hybridized carbons (Fsp3) is 0.562.